The van der Waals surface area contributed by atoms with Crippen molar-refractivity contribution in [1.29, 1.82) is 0 Å². The lowest BCUT2D eigenvalue weighted by Crippen LogP contribution is -2.27. The van der Waals surface area contributed by atoms with Gasteiger partial charge in [0.05, 0.1) is 0 Å². The van der Waals surface area contributed by atoms with Crippen LogP contribution in [0.2, 0.25) is 0 Å². The van der Waals surface area contributed by atoms with Gasteiger partial charge < -0.3 is 10.8 Å². The maximum atomic E-state index is 10.3. The van der Waals surface area contributed by atoms with Crippen molar-refractivity contribution in [1.82, 2.24) is 0 Å². The first-order valence-electron chi connectivity index (χ1n) is 5.38. The van der Waals surface area contributed by atoms with Gasteiger partial charge in [0.15, 0.2) is 0 Å². The van der Waals surface area contributed by atoms with Gasteiger partial charge in [0.1, 0.15) is 0 Å². The maximum absolute atomic E-state index is 10.3. The average molecular weight is 258 g/mol. The van der Waals surface area contributed by atoms with Gasteiger partial charge >= 0.3 is 8.25 Å². The first kappa shape index (κ1) is 14.2. The lowest BCUT2D eigenvalue weighted by molar-refractivity contribution is -0.0289. The summed E-state index contributed by atoms with van der Waals surface area (Å²) < 4.78 is 14.6. The van der Waals surface area contributed by atoms with Crippen LogP contribution in [0.3, 0.4) is 0 Å². The van der Waals surface area contributed by atoms with E-state index in [4.69, 9.17) is 10.6 Å². The molecule has 0 aliphatic rings. The lowest BCUT2D eigenvalue weighted by atomic mass is 10.0. The predicted octanol–water partition coefficient (Wildman–Crippen LogP) is 1.32. The number of hydrogen-bond acceptors (Lipinski definition) is 4. The number of aryl methyl sites for hydroxylation is 1. The van der Waals surface area contributed by atoms with Crippen LogP contribution in [0.15, 0.2) is 30.3 Å². The summed E-state index contributed by atoms with van der Waals surface area (Å²) in [5.41, 5.74) is 6.95. The smallest absolute Gasteiger partial charge is 0.364 e. The lowest BCUT2D eigenvalue weighted by Gasteiger charge is -2.12. The summed E-state index contributed by atoms with van der Waals surface area (Å²) >= 11 is 0. The third kappa shape index (κ3) is 6.46. The highest BCUT2D eigenvalue weighted by atomic mass is 31.1. The second-order valence-electron chi connectivity index (χ2n) is 3.82. The molecule has 3 atom stereocenters. The number of hydrogen-bond donors (Lipinski definition) is 3. The van der Waals surface area contributed by atoms with Crippen LogP contribution in [0.5, 0.6) is 0 Å². The highest BCUT2D eigenvalue weighted by Gasteiger charge is 2.22. The van der Waals surface area contributed by atoms with Gasteiger partial charge in [0.2, 0.25) is 6.29 Å². The Labute approximate surface area is 101 Å². The van der Waals surface area contributed by atoms with Gasteiger partial charge in [-0.25, -0.2) is 0 Å². The molecule has 0 fully saturated rings. The van der Waals surface area contributed by atoms with E-state index in [1.807, 2.05) is 30.3 Å². The SMILES string of the molecule is N[C@H](CCc1ccccc1)CC(O)O[P+](=O)O. The summed E-state index contributed by atoms with van der Waals surface area (Å²) in [7, 11) is -2.78. The van der Waals surface area contributed by atoms with Crippen molar-refractivity contribution in [3.8, 4) is 0 Å². The van der Waals surface area contributed by atoms with E-state index in [2.05, 4.69) is 4.52 Å². The largest absolute Gasteiger partial charge is 0.697 e. The summed E-state index contributed by atoms with van der Waals surface area (Å²) in [5.74, 6) is 0. The Bertz CT molecular complexity index is 347. The molecule has 0 bridgehead atoms. The van der Waals surface area contributed by atoms with Gasteiger partial charge in [-0.1, -0.05) is 34.9 Å². The van der Waals surface area contributed by atoms with Crippen molar-refractivity contribution in [2.24, 2.45) is 5.73 Å². The first-order valence-corrected chi connectivity index (χ1v) is 6.51. The third-order valence-electron chi connectivity index (χ3n) is 2.36. The van der Waals surface area contributed by atoms with E-state index < -0.39 is 14.5 Å². The molecule has 5 nitrogen and oxygen atoms in total. The van der Waals surface area contributed by atoms with Crippen molar-refractivity contribution in [2.75, 3.05) is 0 Å². The molecule has 0 saturated carbocycles. The molecule has 4 N–H and O–H groups in total. The minimum atomic E-state index is -2.78. The van der Waals surface area contributed by atoms with E-state index in [0.717, 1.165) is 6.42 Å². The van der Waals surface area contributed by atoms with Crippen molar-refractivity contribution in [2.45, 2.75) is 31.6 Å². The Morgan fingerprint density at radius 1 is 1.35 bits per heavy atom. The number of rotatable bonds is 7. The molecule has 0 aliphatic carbocycles. The van der Waals surface area contributed by atoms with Gasteiger partial charge in [-0.3, -0.25) is 0 Å². The molecule has 0 aliphatic heterocycles. The molecule has 0 radical (unpaired) electrons. The quantitative estimate of drug-likeness (QED) is 0.506. The maximum Gasteiger partial charge on any atom is 0.697 e. The highest BCUT2D eigenvalue weighted by molar-refractivity contribution is 7.32. The summed E-state index contributed by atoms with van der Waals surface area (Å²) in [6, 6.07) is 9.60. The molecule has 1 rings (SSSR count). The molecule has 0 amide bonds. The van der Waals surface area contributed by atoms with Crippen LogP contribution < -0.4 is 5.73 Å². The van der Waals surface area contributed by atoms with E-state index in [1.54, 1.807) is 0 Å². The fourth-order valence-corrected chi connectivity index (χ4v) is 1.81. The molecule has 2 unspecified atom stereocenters. The number of benzene rings is 1. The standard InChI is InChI=1S/C11H16NO4P/c12-10(8-11(13)16-17(14)15)7-6-9-4-2-1-3-5-9/h1-5,10-11,13H,6-8,12H2/p+1/t10-,11?/m1/s1. The van der Waals surface area contributed by atoms with Crippen LogP contribution in [0, 0.1) is 0 Å². The van der Waals surface area contributed by atoms with E-state index >= 15 is 0 Å². The second-order valence-corrected chi connectivity index (χ2v) is 4.50. The number of aliphatic hydroxyl groups is 1. The van der Waals surface area contributed by atoms with Crippen LogP contribution in [-0.2, 0) is 15.5 Å². The molecule has 0 spiro atoms. The molecular formula is C11H17NO4P+. The van der Waals surface area contributed by atoms with Gasteiger partial charge in [-0.2, -0.15) is 0 Å². The van der Waals surface area contributed by atoms with Gasteiger partial charge in [-0.15, -0.1) is 4.89 Å². The van der Waals surface area contributed by atoms with Crippen LogP contribution in [-0.4, -0.2) is 22.3 Å². The monoisotopic (exact) mass is 258 g/mol. The third-order valence-corrected chi connectivity index (χ3v) is 2.79. The average Bonchev–Trinajstić information content (AvgIpc) is 2.26. The van der Waals surface area contributed by atoms with Gasteiger partial charge in [-0.05, 0) is 18.4 Å². The minimum absolute atomic E-state index is 0.147. The fourth-order valence-electron chi connectivity index (χ4n) is 1.52. The van der Waals surface area contributed by atoms with Crippen molar-refractivity contribution < 1.29 is 19.1 Å². The topological polar surface area (TPSA) is 92.8 Å². The van der Waals surface area contributed by atoms with E-state index in [9.17, 15) is 9.67 Å². The number of aliphatic hydroxyl groups excluding tert-OH is 1. The second kappa shape index (κ2) is 7.48. The van der Waals surface area contributed by atoms with Crippen LogP contribution in [0.4, 0.5) is 0 Å². The Morgan fingerprint density at radius 2 is 2.00 bits per heavy atom. The molecule has 0 heterocycles. The minimum Gasteiger partial charge on any atom is -0.364 e. The summed E-state index contributed by atoms with van der Waals surface area (Å²) in [6.07, 6.45) is 0.357. The summed E-state index contributed by atoms with van der Waals surface area (Å²) in [5, 5.41) is 9.24. The Kier molecular flexibility index (Phi) is 6.26. The Morgan fingerprint density at radius 3 is 2.59 bits per heavy atom. The molecule has 0 saturated heterocycles. The Hall–Kier alpha value is -0.840. The zero-order chi connectivity index (χ0) is 12.7. The molecule has 1 aromatic carbocycles. The van der Waals surface area contributed by atoms with Crippen LogP contribution in [0.1, 0.15) is 18.4 Å². The Balaban J connectivity index is 2.25. The molecule has 94 valence electrons. The number of nitrogens with two attached hydrogens (primary N) is 1. The normalized spacial score (nSPS) is 15.4. The summed E-state index contributed by atoms with van der Waals surface area (Å²) in [6.45, 7) is 0. The van der Waals surface area contributed by atoms with Gasteiger partial charge in [0, 0.05) is 17.0 Å². The molecule has 1 aromatic rings. The predicted molar refractivity (Wildman–Crippen MR) is 64.3 cm³/mol. The van der Waals surface area contributed by atoms with Gasteiger partial charge in [0.25, 0.3) is 0 Å². The molecule has 17 heavy (non-hydrogen) atoms. The highest BCUT2D eigenvalue weighted by Crippen LogP contribution is 2.19. The van der Waals surface area contributed by atoms with E-state index in [-0.39, 0.29) is 12.5 Å². The zero-order valence-corrected chi connectivity index (χ0v) is 10.3. The summed E-state index contributed by atoms with van der Waals surface area (Å²) in [4.78, 5) is 8.43. The van der Waals surface area contributed by atoms with Crippen LogP contribution >= 0.6 is 8.25 Å². The molecule has 6 heteroatoms. The van der Waals surface area contributed by atoms with E-state index in [1.165, 1.54) is 5.56 Å². The van der Waals surface area contributed by atoms with Crippen LogP contribution in [0.25, 0.3) is 0 Å². The zero-order valence-electron chi connectivity index (χ0n) is 9.40. The van der Waals surface area contributed by atoms with Crippen molar-refractivity contribution in [3.05, 3.63) is 35.9 Å². The van der Waals surface area contributed by atoms with Crippen molar-refractivity contribution >= 4 is 8.25 Å². The van der Waals surface area contributed by atoms with E-state index in [0.29, 0.717) is 6.42 Å². The molecule has 0 aromatic heterocycles. The van der Waals surface area contributed by atoms with Crippen molar-refractivity contribution in [3.63, 3.8) is 0 Å². The molecular weight excluding hydrogens is 241 g/mol. The fraction of sp³-hybridized carbons (Fsp3) is 0.455. The first-order chi connectivity index (χ1) is 8.08.